The lowest BCUT2D eigenvalue weighted by atomic mass is 10.1. The van der Waals surface area contributed by atoms with E-state index in [2.05, 4.69) is 17.6 Å². The van der Waals surface area contributed by atoms with E-state index in [0.29, 0.717) is 0 Å². The van der Waals surface area contributed by atoms with Crippen LogP contribution >= 0.6 is 11.8 Å². The molecular weight excluding hydrogens is 274 g/mol. The maximum Gasteiger partial charge on any atom is 0.273 e. The van der Waals surface area contributed by atoms with Gasteiger partial charge in [-0.25, -0.2) is 0 Å². The molecule has 2 rings (SSSR count). The second kappa shape index (κ2) is 6.35. The highest BCUT2D eigenvalue weighted by Crippen LogP contribution is 2.38. The van der Waals surface area contributed by atoms with Gasteiger partial charge in [0.25, 0.3) is 5.69 Å². The molecule has 0 amide bonds. The van der Waals surface area contributed by atoms with Crippen molar-refractivity contribution >= 4 is 28.8 Å². The second-order valence-electron chi connectivity index (χ2n) is 5.31. The first-order chi connectivity index (χ1) is 9.52. The molecule has 5 nitrogen and oxygen atoms in total. The zero-order valence-corrected chi connectivity index (χ0v) is 12.8. The molecule has 0 spiro atoms. The Labute approximate surface area is 123 Å². The summed E-state index contributed by atoms with van der Waals surface area (Å²) in [6, 6.07) is 5.10. The molecule has 1 aliphatic rings. The summed E-state index contributed by atoms with van der Waals surface area (Å²) in [6.45, 7) is 5.81. The van der Waals surface area contributed by atoms with Crippen LogP contribution in [0, 0.1) is 10.1 Å². The molecule has 0 radical (unpaired) electrons. The van der Waals surface area contributed by atoms with Crippen LogP contribution in [0.2, 0.25) is 0 Å². The summed E-state index contributed by atoms with van der Waals surface area (Å²) < 4.78 is 0.239. The van der Waals surface area contributed by atoms with Crippen molar-refractivity contribution in [2.75, 3.05) is 29.5 Å². The highest BCUT2D eigenvalue weighted by molar-refractivity contribution is 8.00. The van der Waals surface area contributed by atoms with Crippen LogP contribution in [0.4, 0.5) is 17.1 Å². The van der Waals surface area contributed by atoms with E-state index in [4.69, 9.17) is 0 Å². The fraction of sp³-hybridized carbons (Fsp3) is 0.571. The lowest BCUT2D eigenvalue weighted by molar-refractivity contribution is -0.384. The molecule has 0 saturated carbocycles. The van der Waals surface area contributed by atoms with Gasteiger partial charge < -0.3 is 10.6 Å². The predicted molar refractivity (Wildman–Crippen MR) is 85.8 cm³/mol. The van der Waals surface area contributed by atoms with E-state index in [1.807, 2.05) is 24.8 Å². The highest BCUT2D eigenvalue weighted by atomic mass is 32.2. The van der Waals surface area contributed by atoms with Gasteiger partial charge in [-0.2, -0.15) is 11.8 Å². The molecule has 0 bridgehead atoms. The summed E-state index contributed by atoms with van der Waals surface area (Å²) in [7, 11) is 0. The Hall–Kier alpha value is -1.43. The van der Waals surface area contributed by atoms with Gasteiger partial charge >= 0.3 is 0 Å². The summed E-state index contributed by atoms with van der Waals surface area (Å²) >= 11 is 1.98. The van der Waals surface area contributed by atoms with Gasteiger partial charge in [-0.1, -0.05) is 0 Å². The summed E-state index contributed by atoms with van der Waals surface area (Å²) in [5, 5.41) is 17.5. The van der Waals surface area contributed by atoms with Gasteiger partial charge in [0.15, 0.2) is 0 Å². The predicted octanol–water partition coefficient (Wildman–Crippen LogP) is 3.72. The Kier molecular flexibility index (Phi) is 4.75. The maximum atomic E-state index is 11.0. The van der Waals surface area contributed by atoms with Gasteiger partial charge in [0, 0.05) is 41.3 Å². The Morgan fingerprint density at radius 3 is 2.60 bits per heavy atom. The summed E-state index contributed by atoms with van der Waals surface area (Å²) in [4.78, 5) is 10.6. The van der Waals surface area contributed by atoms with Crippen molar-refractivity contribution in [3.05, 3.63) is 28.3 Å². The number of hydrogen-bond donors (Lipinski definition) is 2. The molecule has 0 aromatic heterocycles. The molecule has 1 atom stereocenters. The minimum absolute atomic E-state index is 0.121. The lowest BCUT2D eigenvalue weighted by Crippen LogP contribution is -2.27. The molecule has 2 N–H and O–H groups in total. The first-order valence-electron chi connectivity index (χ1n) is 6.93. The fourth-order valence-corrected chi connectivity index (χ4v) is 3.63. The molecule has 110 valence electrons. The van der Waals surface area contributed by atoms with Crippen molar-refractivity contribution in [1.29, 1.82) is 0 Å². The van der Waals surface area contributed by atoms with Crippen LogP contribution in [-0.4, -0.2) is 28.5 Å². The van der Waals surface area contributed by atoms with E-state index in [1.165, 1.54) is 18.6 Å². The first-order valence-corrected chi connectivity index (χ1v) is 7.92. The number of rotatable bonds is 6. The van der Waals surface area contributed by atoms with Crippen LogP contribution in [-0.2, 0) is 0 Å². The van der Waals surface area contributed by atoms with E-state index in [0.717, 1.165) is 24.5 Å². The monoisotopic (exact) mass is 295 g/mol. The van der Waals surface area contributed by atoms with Crippen LogP contribution < -0.4 is 10.6 Å². The van der Waals surface area contributed by atoms with E-state index in [-0.39, 0.29) is 15.4 Å². The zero-order chi connectivity index (χ0) is 14.6. The van der Waals surface area contributed by atoms with Crippen molar-refractivity contribution in [2.45, 2.75) is 31.4 Å². The van der Waals surface area contributed by atoms with Gasteiger partial charge in [0.1, 0.15) is 0 Å². The van der Waals surface area contributed by atoms with E-state index in [1.54, 1.807) is 12.1 Å². The maximum absolute atomic E-state index is 11.0. The van der Waals surface area contributed by atoms with E-state index >= 15 is 0 Å². The molecule has 20 heavy (non-hydrogen) atoms. The number of benzene rings is 1. The summed E-state index contributed by atoms with van der Waals surface area (Å²) in [5.41, 5.74) is 1.72. The van der Waals surface area contributed by atoms with Gasteiger partial charge in [-0.15, -0.1) is 0 Å². The Morgan fingerprint density at radius 2 is 2.05 bits per heavy atom. The van der Waals surface area contributed by atoms with Crippen molar-refractivity contribution < 1.29 is 4.92 Å². The number of nitrogens with one attached hydrogen (secondary N) is 2. The topological polar surface area (TPSA) is 67.2 Å². The standard InChI is InChI=1S/C14H21N3O2S/c1-3-15-11-7-12(9-13(8-11)17(18)19)16-10-14(2)5-4-6-20-14/h7-9,15-16H,3-6,10H2,1-2H3. The summed E-state index contributed by atoms with van der Waals surface area (Å²) in [6.07, 6.45) is 2.44. The van der Waals surface area contributed by atoms with Gasteiger partial charge in [0.2, 0.25) is 0 Å². The van der Waals surface area contributed by atoms with Gasteiger partial charge in [-0.05, 0) is 38.5 Å². The number of hydrogen-bond acceptors (Lipinski definition) is 5. The minimum atomic E-state index is -0.349. The van der Waals surface area contributed by atoms with E-state index < -0.39 is 0 Å². The van der Waals surface area contributed by atoms with Gasteiger partial charge in [-0.3, -0.25) is 10.1 Å². The van der Waals surface area contributed by atoms with E-state index in [9.17, 15) is 10.1 Å². The number of nitro groups is 1. The Bertz CT molecular complexity index is 487. The Morgan fingerprint density at radius 1 is 1.35 bits per heavy atom. The van der Waals surface area contributed by atoms with Gasteiger partial charge in [0.05, 0.1) is 4.92 Å². The number of nitro benzene ring substituents is 1. The van der Waals surface area contributed by atoms with Crippen LogP contribution in [0.1, 0.15) is 26.7 Å². The minimum Gasteiger partial charge on any atom is -0.385 e. The third-order valence-electron chi connectivity index (χ3n) is 3.48. The SMILES string of the molecule is CCNc1cc(NCC2(C)CCCS2)cc([N+](=O)[O-])c1. The number of non-ortho nitro benzene ring substituents is 1. The smallest absolute Gasteiger partial charge is 0.273 e. The largest absolute Gasteiger partial charge is 0.385 e. The Balaban J connectivity index is 2.11. The molecule has 6 heteroatoms. The molecule has 1 saturated heterocycles. The molecule has 1 fully saturated rings. The van der Waals surface area contributed by atoms with Crippen LogP contribution in [0.5, 0.6) is 0 Å². The normalized spacial score (nSPS) is 21.7. The quantitative estimate of drug-likeness (QED) is 0.618. The number of thioether (sulfide) groups is 1. The zero-order valence-electron chi connectivity index (χ0n) is 11.9. The molecule has 1 heterocycles. The van der Waals surface area contributed by atoms with Crippen molar-refractivity contribution in [3.63, 3.8) is 0 Å². The third-order valence-corrected chi connectivity index (χ3v) is 5.01. The summed E-state index contributed by atoms with van der Waals surface area (Å²) in [5.74, 6) is 1.20. The fourth-order valence-electron chi connectivity index (χ4n) is 2.39. The molecule has 1 aromatic carbocycles. The average molecular weight is 295 g/mol. The van der Waals surface area contributed by atoms with Crippen molar-refractivity contribution in [3.8, 4) is 0 Å². The van der Waals surface area contributed by atoms with Crippen LogP contribution in [0.3, 0.4) is 0 Å². The second-order valence-corrected chi connectivity index (χ2v) is 6.99. The third kappa shape index (κ3) is 3.79. The number of nitrogens with zero attached hydrogens (tertiary/aromatic N) is 1. The first kappa shape index (κ1) is 15.0. The van der Waals surface area contributed by atoms with Crippen LogP contribution in [0.25, 0.3) is 0 Å². The van der Waals surface area contributed by atoms with Crippen LogP contribution in [0.15, 0.2) is 18.2 Å². The average Bonchev–Trinajstić information content (AvgIpc) is 2.84. The molecule has 0 aliphatic carbocycles. The molecule has 1 unspecified atom stereocenters. The number of anilines is 2. The molecule has 1 aromatic rings. The lowest BCUT2D eigenvalue weighted by Gasteiger charge is -2.23. The molecule has 1 aliphatic heterocycles. The highest BCUT2D eigenvalue weighted by Gasteiger charge is 2.29. The van der Waals surface area contributed by atoms with Crippen molar-refractivity contribution in [1.82, 2.24) is 0 Å². The molecular formula is C14H21N3O2S. The van der Waals surface area contributed by atoms with Crippen molar-refractivity contribution in [2.24, 2.45) is 0 Å².